The highest BCUT2D eigenvalue weighted by atomic mass is 35.5. The number of hydrogen-bond acceptors (Lipinski definition) is 2. The molecule has 0 saturated carbocycles. The van der Waals surface area contributed by atoms with Crippen LogP contribution in [0.3, 0.4) is 0 Å². The third-order valence-corrected chi connectivity index (χ3v) is 3.70. The topological polar surface area (TPSA) is 15.3 Å². The average molecular weight is 269 g/mol. The Kier molecular flexibility index (Phi) is 9.82. The standard InChI is InChI=1S/C12H24N2.2ClH/c1-2-8-14(9-3-1)10-6-12-5-4-7-13-11-12;;/h12-13H,1-11H2;2*1H. The first-order valence-corrected chi connectivity index (χ1v) is 6.38. The molecule has 0 aromatic heterocycles. The van der Waals surface area contributed by atoms with Crippen molar-refractivity contribution in [3.63, 3.8) is 0 Å². The van der Waals surface area contributed by atoms with E-state index in [2.05, 4.69) is 10.2 Å². The number of piperidine rings is 2. The molecule has 0 radical (unpaired) electrons. The van der Waals surface area contributed by atoms with E-state index in [1.54, 1.807) is 0 Å². The van der Waals surface area contributed by atoms with Crippen LogP contribution in [0.4, 0.5) is 0 Å². The average Bonchev–Trinajstić information content (AvgIpc) is 2.29. The van der Waals surface area contributed by atoms with Gasteiger partial charge in [0.2, 0.25) is 0 Å². The molecule has 98 valence electrons. The molecular formula is C12H26Cl2N2. The van der Waals surface area contributed by atoms with Gasteiger partial charge in [0, 0.05) is 0 Å². The predicted molar refractivity (Wildman–Crippen MR) is 75.0 cm³/mol. The minimum Gasteiger partial charge on any atom is -0.316 e. The van der Waals surface area contributed by atoms with Crippen molar-refractivity contribution in [1.82, 2.24) is 10.2 Å². The van der Waals surface area contributed by atoms with E-state index >= 15 is 0 Å². The highest BCUT2D eigenvalue weighted by Crippen LogP contribution is 2.16. The van der Waals surface area contributed by atoms with Gasteiger partial charge in [-0.2, -0.15) is 0 Å². The van der Waals surface area contributed by atoms with E-state index in [4.69, 9.17) is 0 Å². The zero-order valence-corrected chi connectivity index (χ0v) is 11.8. The first-order valence-electron chi connectivity index (χ1n) is 6.38. The Hall–Kier alpha value is 0.500. The lowest BCUT2D eigenvalue weighted by Crippen LogP contribution is -2.35. The molecule has 0 aromatic carbocycles. The van der Waals surface area contributed by atoms with Crippen molar-refractivity contribution >= 4 is 24.8 Å². The van der Waals surface area contributed by atoms with E-state index in [0.29, 0.717) is 0 Å². The molecule has 2 saturated heterocycles. The molecule has 2 nitrogen and oxygen atoms in total. The summed E-state index contributed by atoms with van der Waals surface area (Å²) < 4.78 is 0. The van der Waals surface area contributed by atoms with E-state index in [1.165, 1.54) is 71.2 Å². The second kappa shape index (κ2) is 9.52. The summed E-state index contributed by atoms with van der Waals surface area (Å²) >= 11 is 0. The van der Waals surface area contributed by atoms with Gasteiger partial charge in [-0.3, -0.25) is 0 Å². The van der Waals surface area contributed by atoms with E-state index in [9.17, 15) is 0 Å². The fraction of sp³-hybridized carbons (Fsp3) is 1.00. The molecule has 4 heteroatoms. The number of rotatable bonds is 3. The Morgan fingerprint density at radius 2 is 1.75 bits per heavy atom. The SMILES string of the molecule is C1CCN(CCC2CCCNC2)CC1.Cl.Cl. The van der Waals surface area contributed by atoms with Crippen LogP contribution in [0.5, 0.6) is 0 Å². The summed E-state index contributed by atoms with van der Waals surface area (Å²) in [5, 5.41) is 3.50. The van der Waals surface area contributed by atoms with Crippen LogP contribution in [0.25, 0.3) is 0 Å². The van der Waals surface area contributed by atoms with Crippen molar-refractivity contribution in [3.8, 4) is 0 Å². The van der Waals surface area contributed by atoms with Gasteiger partial charge in [0.15, 0.2) is 0 Å². The van der Waals surface area contributed by atoms with Gasteiger partial charge in [0.25, 0.3) is 0 Å². The Labute approximate surface area is 112 Å². The summed E-state index contributed by atoms with van der Waals surface area (Å²) in [5.41, 5.74) is 0. The highest BCUT2D eigenvalue weighted by Gasteiger charge is 2.15. The third kappa shape index (κ3) is 5.72. The number of nitrogens with zero attached hydrogens (tertiary/aromatic N) is 1. The molecular weight excluding hydrogens is 243 g/mol. The molecule has 2 aliphatic heterocycles. The predicted octanol–water partition coefficient (Wildman–Crippen LogP) is 2.71. The van der Waals surface area contributed by atoms with Crippen molar-refractivity contribution in [2.24, 2.45) is 5.92 Å². The number of nitrogens with one attached hydrogen (secondary N) is 1. The van der Waals surface area contributed by atoms with Crippen LogP contribution in [0, 0.1) is 5.92 Å². The second-order valence-electron chi connectivity index (χ2n) is 4.90. The first kappa shape index (κ1) is 16.5. The molecule has 2 rings (SSSR count). The second-order valence-corrected chi connectivity index (χ2v) is 4.90. The minimum atomic E-state index is 0. The molecule has 0 amide bonds. The van der Waals surface area contributed by atoms with Gasteiger partial charge in [0.1, 0.15) is 0 Å². The lowest BCUT2D eigenvalue weighted by molar-refractivity contribution is 0.204. The van der Waals surface area contributed by atoms with Crippen molar-refractivity contribution in [3.05, 3.63) is 0 Å². The number of hydrogen-bond donors (Lipinski definition) is 1. The fourth-order valence-electron chi connectivity index (χ4n) is 2.72. The Morgan fingerprint density at radius 3 is 2.38 bits per heavy atom. The van der Waals surface area contributed by atoms with Crippen LogP contribution in [-0.4, -0.2) is 37.6 Å². The maximum atomic E-state index is 3.50. The minimum absolute atomic E-state index is 0. The molecule has 2 fully saturated rings. The molecule has 1 N–H and O–H groups in total. The molecule has 2 heterocycles. The van der Waals surface area contributed by atoms with Gasteiger partial charge in [-0.15, -0.1) is 24.8 Å². The van der Waals surface area contributed by atoms with Crippen LogP contribution in [-0.2, 0) is 0 Å². The van der Waals surface area contributed by atoms with Crippen molar-refractivity contribution in [2.75, 3.05) is 32.7 Å². The zero-order chi connectivity index (χ0) is 9.64. The van der Waals surface area contributed by atoms with Crippen LogP contribution in [0.1, 0.15) is 38.5 Å². The van der Waals surface area contributed by atoms with Gasteiger partial charge in [-0.1, -0.05) is 6.42 Å². The lowest BCUT2D eigenvalue weighted by atomic mass is 9.95. The van der Waals surface area contributed by atoms with Gasteiger partial charge < -0.3 is 10.2 Å². The number of halogens is 2. The molecule has 1 atom stereocenters. The zero-order valence-electron chi connectivity index (χ0n) is 10.1. The summed E-state index contributed by atoms with van der Waals surface area (Å²) in [4.78, 5) is 2.66. The smallest absolute Gasteiger partial charge is 0.00156 e. The third-order valence-electron chi connectivity index (χ3n) is 3.70. The van der Waals surface area contributed by atoms with E-state index in [1.807, 2.05) is 0 Å². The molecule has 0 bridgehead atoms. The Balaban J connectivity index is 0.00000112. The summed E-state index contributed by atoms with van der Waals surface area (Å²) in [7, 11) is 0. The van der Waals surface area contributed by atoms with Gasteiger partial charge in [-0.05, 0) is 70.7 Å². The largest absolute Gasteiger partial charge is 0.316 e. The maximum Gasteiger partial charge on any atom is -0.00156 e. The molecule has 0 aromatic rings. The van der Waals surface area contributed by atoms with Crippen LogP contribution in [0.15, 0.2) is 0 Å². The van der Waals surface area contributed by atoms with Crippen molar-refractivity contribution < 1.29 is 0 Å². The van der Waals surface area contributed by atoms with Gasteiger partial charge in [0.05, 0.1) is 0 Å². The summed E-state index contributed by atoms with van der Waals surface area (Å²) in [5.74, 6) is 0.964. The van der Waals surface area contributed by atoms with Gasteiger partial charge in [-0.25, -0.2) is 0 Å². The summed E-state index contributed by atoms with van der Waals surface area (Å²) in [6, 6.07) is 0. The molecule has 2 aliphatic rings. The van der Waals surface area contributed by atoms with E-state index < -0.39 is 0 Å². The Morgan fingerprint density at radius 1 is 1.00 bits per heavy atom. The monoisotopic (exact) mass is 268 g/mol. The van der Waals surface area contributed by atoms with Crippen LogP contribution in [0.2, 0.25) is 0 Å². The molecule has 1 unspecified atom stereocenters. The maximum absolute atomic E-state index is 3.50. The molecule has 0 spiro atoms. The lowest BCUT2D eigenvalue weighted by Gasteiger charge is -2.29. The number of likely N-dealkylation sites (tertiary alicyclic amines) is 1. The van der Waals surface area contributed by atoms with Crippen LogP contribution < -0.4 is 5.32 Å². The molecule has 0 aliphatic carbocycles. The van der Waals surface area contributed by atoms with Crippen LogP contribution >= 0.6 is 24.8 Å². The highest BCUT2D eigenvalue weighted by molar-refractivity contribution is 5.85. The summed E-state index contributed by atoms with van der Waals surface area (Å²) in [6.07, 6.45) is 8.60. The normalized spacial score (nSPS) is 26.6. The summed E-state index contributed by atoms with van der Waals surface area (Å²) in [6.45, 7) is 6.60. The van der Waals surface area contributed by atoms with E-state index in [-0.39, 0.29) is 24.8 Å². The van der Waals surface area contributed by atoms with Crippen molar-refractivity contribution in [2.45, 2.75) is 38.5 Å². The first-order chi connectivity index (χ1) is 6.95. The molecule has 16 heavy (non-hydrogen) atoms. The quantitative estimate of drug-likeness (QED) is 0.847. The Bertz CT molecular complexity index is 137. The van der Waals surface area contributed by atoms with Gasteiger partial charge >= 0.3 is 0 Å². The fourth-order valence-corrected chi connectivity index (χ4v) is 2.72. The van der Waals surface area contributed by atoms with Crippen molar-refractivity contribution in [1.29, 1.82) is 0 Å². The van der Waals surface area contributed by atoms with E-state index in [0.717, 1.165) is 5.92 Å².